The summed E-state index contributed by atoms with van der Waals surface area (Å²) in [5.41, 5.74) is 5.22. The van der Waals surface area contributed by atoms with Crippen molar-refractivity contribution in [3.05, 3.63) is 0 Å². The fourth-order valence-electron chi connectivity index (χ4n) is 0.910. The molecule has 0 aromatic heterocycles. The Morgan fingerprint density at radius 2 is 1.55 bits per heavy atom. The quantitative estimate of drug-likeness (QED) is 0.641. The summed E-state index contributed by atoms with van der Waals surface area (Å²) in [7, 11) is 0. The second kappa shape index (κ2) is 3.11. The van der Waals surface area contributed by atoms with Crippen LogP contribution in [0, 0.1) is 5.41 Å². The van der Waals surface area contributed by atoms with E-state index in [0.717, 1.165) is 6.42 Å². The lowest BCUT2D eigenvalue weighted by molar-refractivity contribution is 0.0373. The Morgan fingerprint density at radius 3 is 1.64 bits per heavy atom. The molecular formula is C9H21NO. The second-order valence-corrected chi connectivity index (χ2v) is 5.02. The molecule has 0 amide bonds. The van der Waals surface area contributed by atoms with Gasteiger partial charge in [0.25, 0.3) is 0 Å². The Morgan fingerprint density at radius 1 is 1.18 bits per heavy atom. The van der Waals surface area contributed by atoms with Gasteiger partial charge in [0.15, 0.2) is 0 Å². The highest BCUT2D eigenvalue weighted by Crippen LogP contribution is 2.24. The van der Waals surface area contributed by atoms with E-state index >= 15 is 0 Å². The maximum absolute atomic E-state index is 9.52. The molecule has 11 heavy (non-hydrogen) atoms. The zero-order valence-corrected chi connectivity index (χ0v) is 8.31. The van der Waals surface area contributed by atoms with Crippen molar-refractivity contribution < 1.29 is 5.11 Å². The zero-order valence-electron chi connectivity index (χ0n) is 8.31. The standard InChI is InChI=1S/C9H21NO/c1-8(2,3)6-7(10)9(4,5)11/h7,11H,6,10H2,1-5H3/t7-/m1/s1. The summed E-state index contributed by atoms with van der Waals surface area (Å²) >= 11 is 0. The molecule has 0 bridgehead atoms. The van der Waals surface area contributed by atoms with Gasteiger partial charge in [0.2, 0.25) is 0 Å². The Hall–Kier alpha value is -0.0800. The molecule has 2 heteroatoms. The predicted octanol–water partition coefficient (Wildman–Crippen LogP) is 1.52. The monoisotopic (exact) mass is 159 g/mol. The molecule has 2 nitrogen and oxygen atoms in total. The van der Waals surface area contributed by atoms with Crippen molar-refractivity contribution in [1.82, 2.24) is 0 Å². The molecule has 0 saturated heterocycles. The van der Waals surface area contributed by atoms with Crippen LogP contribution < -0.4 is 5.73 Å². The Kier molecular flexibility index (Phi) is 3.09. The third-order valence-electron chi connectivity index (χ3n) is 1.74. The highest BCUT2D eigenvalue weighted by molar-refractivity contribution is 4.84. The summed E-state index contributed by atoms with van der Waals surface area (Å²) in [6.45, 7) is 9.88. The lowest BCUT2D eigenvalue weighted by atomic mass is 9.83. The first-order valence-electron chi connectivity index (χ1n) is 4.11. The van der Waals surface area contributed by atoms with E-state index in [1.54, 1.807) is 13.8 Å². The first-order chi connectivity index (χ1) is 4.63. The van der Waals surface area contributed by atoms with Crippen LogP contribution in [0.4, 0.5) is 0 Å². The van der Waals surface area contributed by atoms with Crippen molar-refractivity contribution in [3.63, 3.8) is 0 Å². The Labute approximate surface area is 69.8 Å². The highest BCUT2D eigenvalue weighted by atomic mass is 16.3. The molecule has 0 radical (unpaired) electrons. The first-order valence-corrected chi connectivity index (χ1v) is 4.11. The Bertz CT molecular complexity index is 119. The minimum absolute atomic E-state index is 0.137. The van der Waals surface area contributed by atoms with E-state index in [4.69, 9.17) is 5.73 Å². The summed E-state index contributed by atoms with van der Waals surface area (Å²) in [5, 5.41) is 9.52. The molecule has 0 aliphatic heterocycles. The number of aliphatic hydroxyl groups is 1. The smallest absolute Gasteiger partial charge is 0.0742 e. The lowest BCUT2D eigenvalue weighted by Gasteiger charge is -2.31. The van der Waals surface area contributed by atoms with Crippen LogP contribution in [0.2, 0.25) is 0 Å². The third-order valence-corrected chi connectivity index (χ3v) is 1.74. The molecule has 0 aliphatic carbocycles. The van der Waals surface area contributed by atoms with Gasteiger partial charge in [0.05, 0.1) is 5.60 Å². The first kappa shape index (κ1) is 10.9. The van der Waals surface area contributed by atoms with Crippen LogP contribution in [0.5, 0.6) is 0 Å². The molecule has 0 fully saturated rings. The number of rotatable bonds is 2. The van der Waals surface area contributed by atoms with Gasteiger partial charge in [-0.3, -0.25) is 0 Å². The zero-order chi connectivity index (χ0) is 9.28. The molecule has 0 saturated carbocycles. The van der Waals surface area contributed by atoms with Gasteiger partial charge >= 0.3 is 0 Å². The van der Waals surface area contributed by atoms with Gasteiger partial charge < -0.3 is 10.8 Å². The van der Waals surface area contributed by atoms with Crippen molar-refractivity contribution in [3.8, 4) is 0 Å². The van der Waals surface area contributed by atoms with Gasteiger partial charge in [-0.25, -0.2) is 0 Å². The van der Waals surface area contributed by atoms with Crippen LogP contribution in [0.1, 0.15) is 41.0 Å². The summed E-state index contributed by atoms with van der Waals surface area (Å²) in [4.78, 5) is 0. The summed E-state index contributed by atoms with van der Waals surface area (Å²) in [6, 6.07) is -0.137. The molecule has 0 spiro atoms. The van der Waals surface area contributed by atoms with Gasteiger partial charge in [0.1, 0.15) is 0 Å². The maximum atomic E-state index is 9.52. The topological polar surface area (TPSA) is 46.2 Å². The molecule has 0 aromatic rings. The van der Waals surface area contributed by atoms with Crippen LogP contribution in [0.3, 0.4) is 0 Å². The van der Waals surface area contributed by atoms with Crippen molar-refractivity contribution in [2.45, 2.75) is 52.7 Å². The van der Waals surface area contributed by atoms with Crippen LogP contribution in [0.15, 0.2) is 0 Å². The fraction of sp³-hybridized carbons (Fsp3) is 1.00. The summed E-state index contributed by atoms with van der Waals surface area (Å²) in [5.74, 6) is 0. The van der Waals surface area contributed by atoms with Crippen molar-refractivity contribution in [1.29, 1.82) is 0 Å². The number of hydrogen-bond donors (Lipinski definition) is 2. The van der Waals surface area contributed by atoms with Gasteiger partial charge in [-0.2, -0.15) is 0 Å². The van der Waals surface area contributed by atoms with Crippen LogP contribution in [0.25, 0.3) is 0 Å². The van der Waals surface area contributed by atoms with E-state index in [-0.39, 0.29) is 11.5 Å². The Balaban J connectivity index is 3.99. The van der Waals surface area contributed by atoms with Crippen molar-refractivity contribution in [2.75, 3.05) is 0 Å². The van der Waals surface area contributed by atoms with Gasteiger partial charge in [-0.1, -0.05) is 20.8 Å². The van der Waals surface area contributed by atoms with Gasteiger partial charge in [-0.05, 0) is 25.7 Å². The SMILES string of the molecule is CC(C)(C)C[C@@H](N)C(C)(C)O. The van der Waals surface area contributed by atoms with Gasteiger partial charge in [-0.15, -0.1) is 0 Å². The predicted molar refractivity (Wildman–Crippen MR) is 48.3 cm³/mol. The number of hydrogen-bond acceptors (Lipinski definition) is 2. The lowest BCUT2D eigenvalue weighted by Crippen LogP contribution is -2.45. The summed E-state index contributed by atoms with van der Waals surface area (Å²) in [6.07, 6.45) is 0.844. The minimum Gasteiger partial charge on any atom is -0.389 e. The molecule has 68 valence electrons. The van der Waals surface area contributed by atoms with Crippen molar-refractivity contribution in [2.24, 2.45) is 11.1 Å². The highest BCUT2D eigenvalue weighted by Gasteiger charge is 2.27. The van der Waals surface area contributed by atoms with Crippen LogP contribution in [-0.4, -0.2) is 16.7 Å². The molecule has 0 unspecified atom stereocenters. The van der Waals surface area contributed by atoms with E-state index in [9.17, 15) is 5.11 Å². The van der Waals surface area contributed by atoms with E-state index < -0.39 is 5.60 Å². The molecule has 0 rings (SSSR count). The van der Waals surface area contributed by atoms with E-state index in [2.05, 4.69) is 20.8 Å². The molecule has 0 heterocycles. The maximum Gasteiger partial charge on any atom is 0.0742 e. The van der Waals surface area contributed by atoms with E-state index in [0.29, 0.717) is 0 Å². The molecular weight excluding hydrogens is 138 g/mol. The molecule has 1 atom stereocenters. The summed E-state index contributed by atoms with van der Waals surface area (Å²) < 4.78 is 0. The normalized spacial score (nSPS) is 16.6. The van der Waals surface area contributed by atoms with E-state index in [1.807, 2.05) is 0 Å². The molecule has 0 aliphatic rings. The molecule has 3 N–H and O–H groups in total. The van der Waals surface area contributed by atoms with E-state index in [1.165, 1.54) is 0 Å². The second-order valence-electron chi connectivity index (χ2n) is 5.02. The average Bonchev–Trinajstić information content (AvgIpc) is 1.56. The van der Waals surface area contributed by atoms with Crippen LogP contribution in [-0.2, 0) is 0 Å². The minimum atomic E-state index is -0.757. The molecule has 0 aromatic carbocycles. The average molecular weight is 159 g/mol. The van der Waals surface area contributed by atoms with Crippen LogP contribution >= 0.6 is 0 Å². The fourth-order valence-corrected chi connectivity index (χ4v) is 0.910. The van der Waals surface area contributed by atoms with Crippen molar-refractivity contribution >= 4 is 0 Å². The number of nitrogens with two attached hydrogens (primary N) is 1. The largest absolute Gasteiger partial charge is 0.389 e. The van der Waals surface area contributed by atoms with Gasteiger partial charge in [0, 0.05) is 6.04 Å². The third kappa shape index (κ3) is 5.22.